The van der Waals surface area contributed by atoms with Gasteiger partial charge in [0.25, 0.3) is 0 Å². The van der Waals surface area contributed by atoms with E-state index in [9.17, 15) is 5.11 Å². The van der Waals surface area contributed by atoms with Crippen molar-refractivity contribution in [3.05, 3.63) is 0 Å². The zero-order valence-corrected chi connectivity index (χ0v) is 7.49. The van der Waals surface area contributed by atoms with Crippen molar-refractivity contribution in [3.8, 4) is 0 Å². The SMILES string of the molecule is CC(C)C(N)C[C@@H](O)[C@@H](C)O. The van der Waals surface area contributed by atoms with Crippen LogP contribution in [0.2, 0.25) is 0 Å². The fraction of sp³-hybridized carbons (Fsp3) is 1.00. The van der Waals surface area contributed by atoms with Crippen molar-refractivity contribution >= 4 is 0 Å². The molecule has 0 amide bonds. The summed E-state index contributed by atoms with van der Waals surface area (Å²) in [4.78, 5) is 0. The van der Waals surface area contributed by atoms with Gasteiger partial charge in [0.1, 0.15) is 0 Å². The third-order valence-corrected chi connectivity index (χ3v) is 1.93. The molecule has 0 aromatic heterocycles. The molecule has 0 radical (unpaired) electrons. The van der Waals surface area contributed by atoms with E-state index in [0.717, 1.165) is 0 Å². The van der Waals surface area contributed by atoms with Gasteiger partial charge in [0, 0.05) is 6.04 Å². The van der Waals surface area contributed by atoms with E-state index in [1.807, 2.05) is 13.8 Å². The van der Waals surface area contributed by atoms with Gasteiger partial charge in [-0.2, -0.15) is 0 Å². The molecular formula is C8H19NO2. The highest BCUT2D eigenvalue weighted by molar-refractivity contribution is 4.72. The molecule has 0 saturated carbocycles. The Bertz CT molecular complexity index is 92.3. The molecular weight excluding hydrogens is 142 g/mol. The minimum absolute atomic E-state index is 0.0281. The lowest BCUT2D eigenvalue weighted by Gasteiger charge is -2.20. The van der Waals surface area contributed by atoms with E-state index in [-0.39, 0.29) is 6.04 Å². The van der Waals surface area contributed by atoms with Gasteiger partial charge in [-0.1, -0.05) is 13.8 Å². The summed E-state index contributed by atoms with van der Waals surface area (Å²) < 4.78 is 0. The molecule has 3 atom stereocenters. The zero-order chi connectivity index (χ0) is 9.02. The second-order valence-corrected chi connectivity index (χ2v) is 3.45. The second kappa shape index (κ2) is 4.70. The third kappa shape index (κ3) is 4.35. The van der Waals surface area contributed by atoms with Crippen LogP contribution in [0.4, 0.5) is 0 Å². The van der Waals surface area contributed by atoms with E-state index < -0.39 is 12.2 Å². The number of aliphatic hydroxyl groups is 2. The molecule has 0 rings (SSSR count). The van der Waals surface area contributed by atoms with Crippen LogP contribution in [0.25, 0.3) is 0 Å². The van der Waals surface area contributed by atoms with Crippen molar-refractivity contribution in [2.45, 2.75) is 45.4 Å². The van der Waals surface area contributed by atoms with Crippen molar-refractivity contribution in [2.24, 2.45) is 11.7 Å². The molecule has 0 aliphatic rings. The van der Waals surface area contributed by atoms with Gasteiger partial charge in [-0.05, 0) is 19.3 Å². The minimum Gasteiger partial charge on any atom is -0.391 e. The van der Waals surface area contributed by atoms with Gasteiger partial charge in [-0.25, -0.2) is 0 Å². The number of nitrogens with two attached hydrogens (primary N) is 1. The van der Waals surface area contributed by atoms with Crippen LogP contribution in [0.3, 0.4) is 0 Å². The molecule has 0 bridgehead atoms. The monoisotopic (exact) mass is 161 g/mol. The number of hydrogen-bond acceptors (Lipinski definition) is 3. The van der Waals surface area contributed by atoms with Gasteiger partial charge >= 0.3 is 0 Å². The Kier molecular flexibility index (Phi) is 4.65. The van der Waals surface area contributed by atoms with E-state index in [4.69, 9.17) is 10.8 Å². The van der Waals surface area contributed by atoms with Crippen molar-refractivity contribution in [1.82, 2.24) is 0 Å². The Hall–Kier alpha value is -0.120. The topological polar surface area (TPSA) is 66.5 Å². The Morgan fingerprint density at radius 3 is 1.91 bits per heavy atom. The summed E-state index contributed by atoms with van der Waals surface area (Å²) >= 11 is 0. The highest BCUT2D eigenvalue weighted by Gasteiger charge is 2.17. The third-order valence-electron chi connectivity index (χ3n) is 1.93. The van der Waals surface area contributed by atoms with Crippen LogP contribution in [-0.4, -0.2) is 28.5 Å². The lowest BCUT2D eigenvalue weighted by molar-refractivity contribution is 0.0195. The van der Waals surface area contributed by atoms with Crippen LogP contribution in [0.5, 0.6) is 0 Å². The van der Waals surface area contributed by atoms with E-state index in [1.54, 1.807) is 6.92 Å². The summed E-state index contributed by atoms with van der Waals surface area (Å²) in [6, 6.07) is -0.0281. The van der Waals surface area contributed by atoms with Crippen molar-refractivity contribution in [3.63, 3.8) is 0 Å². The molecule has 0 aromatic rings. The predicted octanol–water partition coefficient (Wildman–Crippen LogP) is 0.102. The van der Waals surface area contributed by atoms with Gasteiger partial charge in [-0.15, -0.1) is 0 Å². The fourth-order valence-electron chi connectivity index (χ4n) is 0.748. The summed E-state index contributed by atoms with van der Waals surface area (Å²) in [6.07, 6.45) is -0.901. The van der Waals surface area contributed by atoms with Crippen LogP contribution in [0.1, 0.15) is 27.2 Å². The first-order valence-corrected chi connectivity index (χ1v) is 4.06. The minimum atomic E-state index is -0.688. The maximum absolute atomic E-state index is 9.22. The van der Waals surface area contributed by atoms with Crippen LogP contribution in [0, 0.1) is 5.92 Å². The fourth-order valence-corrected chi connectivity index (χ4v) is 0.748. The zero-order valence-electron chi connectivity index (χ0n) is 7.49. The van der Waals surface area contributed by atoms with E-state index in [1.165, 1.54) is 0 Å². The van der Waals surface area contributed by atoms with E-state index in [2.05, 4.69) is 0 Å². The maximum Gasteiger partial charge on any atom is 0.0811 e. The highest BCUT2D eigenvalue weighted by Crippen LogP contribution is 2.08. The average molecular weight is 161 g/mol. The van der Waals surface area contributed by atoms with Crippen molar-refractivity contribution in [2.75, 3.05) is 0 Å². The number of aliphatic hydroxyl groups excluding tert-OH is 2. The van der Waals surface area contributed by atoms with Crippen LogP contribution < -0.4 is 5.73 Å². The molecule has 0 aliphatic carbocycles. The van der Waals surface area contributed by atoms with Gasteiger partial charge in [0.05, 0.1) is 12.2 Å². The van der Waals surface area contributed by atoms with Crippen molar-refractivity contribution in [1.29, 1.82) is 0 Å². The van der Waals surface area contributed by atoms with Gasteiger partial charge in [0.15, 0.2) is 0 Å². The molecule has 4 N–H and O–H groups in total. The second-order valence-electron chi connectivity index (χ2n) is 3.45. The summed E-state index contributed by atoms with van der Waals surface area (Å²) in [5.41, 5.74) is 5.68. The van der Waals surface area contributed by atoms with Gasteiger partial charge < -0.3 is 15.9 Å². The number of hydrogen-bond donors (Lipinski definition) is 3. The summed E-state index contributed by atoms with van der Waals surface area (Å²) in [7, 11) is 0. The Labute approximate surface area is 68.2 Å². The average Bonchev–Trinajstić information content (AvgIpc) is 1.87. The van der Waals surface area contributed by atoms with E-state index in [0.29, 0.717) is 12.3 Å². The standard InChI is InChI=1S/C8H19NO2/c1-5(2)7(9)4-8(11)6(3)10/h5-8,10-11H,4,9H2,1-3H3/t6-,7?,8-/m1/s1. The first-order chi connectivity index (χ1) is 4.95. The molecule has 1 unspecified atom stereocenters. The molecule has 68 valence electrons. The molecule has 3 heteroatoms. The first kappa shape index (κ1) is 10.9. The molecule has 0 saturated heterocycles. The van der Waals surface area contributed by atoms with Crippen LogP contribution in [0.15, 0.2) is 0 Å². The van der Waals surface area contributed by atoms with Crippen molar-refractivity contribution < 1.29 is 10.2 Å². The molecule has 0 spiro atoms. The normalized spacial score (nSPS) is 19.9. The lowest BCUT2D eigenvalue weighted by atomic mass is 9.97. The Balaban J connectivity index is 3.66. The van der Waals surface area contributed by atoms with Crippen LogP contribution in [-0.2, 0) is 0 Å². The predicted molar refractivity (Wildman–Crippen MR) is 45.1 cm³/mol. The first-order valence-electron chi connectivity index (χ1n) is 4.06. The quantitative estimate of drug-likeness (QED) is 0.548. The van der Waals surface area contributed by atoms with Gasteiger partial charge in [0.2, 0.25) is 0 Å². The molecule has 0 fully saturated rings. The molecule has 0 aliphatic heterocycles. The summed E-state index contributed by atoms with van der Waals surface area (Å²) in [6.45, 7) is 5.57. The highest BCUT2D eigenvalue weighted by atomic mass is 16.3. The number of rotatable bonds is 4. The summed E-state index contributed by atoms with van der Waals surface area (Å²) in [5, 5.41) is 18.2. The Morgan fingerprint density at radius 1 is 1.18 bits per heavy atom. The maximum atomic E-state index is 9.22. The van der Waals surface area contributed by atoms with E-state index >= 15 is 0 Å². The molecule has 0 heterocycles. The molecule has 11 heavy (non-hydrogen) atoms. The van der Waals surface area contributed by atoms with Gasteiger partial charge in [-0.3, -0.25) is 0 Å². The largest absolute Gasteiger partial charge is 0.391 e. The van der Waals surface area contributed by atoms with Crippen LogP contribution >= 0.6 is 0 Å². The lowest BCUT2D eigenvalue weighted by Crippen LogP contribution is -2.35. The molecule has 3 nitrogen and oxygen atoms in total. The Morgan fingerprint density at radius 2 is 1.64 bits per heavy atom. The molecule has 0 aromatic carbocycles. The smallest absolute Gasteiger partial charge is 0.0811 e. The summed E-state index contributed by atoms with van der Waals surface area (Å²) in [5.74, 6) is 0.350.